The van der Waals surface area contributed by atoms with Crippen molar-refractivity contribution in [2.24, 2.45) is 0 Å². The Bertz CT molecular complexity index is 197. The lowest BCUT2D eigenvalue weighted by molar-refractivity contribution is 0.119. The number of rotatable bonds is 3. The summed E-state index contributed by atoms with van der Waals surface area (Å²) in [5.41, 5.74) is 5.22. The summed E-state index contributed by atoms with van der Waals surface area (Å²) in [4.78, 5) is 3.70. The molecule has 0 aliphatic carbocycles. The largest absolute Gasteiger partial charge is 0.426 e. The first kappa shape index (κ1) is 7.08. The van der Waals surface area contributed by atoms with Crippen LogP contribution in [-0.2, 0) is 11.3 Å². The lowest BCUT2D eigenvalue weighted by Gasteiger charge is -1.93. The third-order valence-electron chi connectivity index (χ3n) is 1.02. The van der Waals surface area contributed by atoms with E-state index in [1.54, 1.807) is 6.20 Å². The molecule has 0 aromatic carbocycles. The number of nitrogens with two attached hydrogens (primary N) is 1. The van der Waals surface area contributed by atoms with Gasteiger partial charge < -0.3 is 14.9 Å². The minimum Gasteiger partial charge on any atom is -0.426 e. The van der Waals surface area contributed by atoms with Gasteiger partial charge >= 0.3 is 0 Å². The van der Waals surface area contributed by atoms with Crippen molar-refractivity contribution in [2.75, 3.05) is 12.3 Å². The van der Waals surface area contributed by atoms with Gasteiger partial charge in [-0.1, -0.05) is 0 Å². The number of anilines is 1. The first-order chi connectivity index (χ1) is 4.83. The molecule has 0 bridgehead atoms. The summed E-state index contributed by atoms with van der Waals surface area (Å²) in [7, 11) is 0. The Morgan fingerprint density at radius 3 is 3.10 bits per heavy atom. The minimum absolute atomic E-state index is 0.190. The van der Waals surface area contributed by atoms with Gasteiger partial charge in [0.1, 0.15) is 6.61 Å². The maximum Gasteiger partial charge on any atom is 0.292 e. The summed E-state index contributed by atoms with van der Waals surface area (Å²) in [6, 6.07) is 0.190. The summed E-state index contributed by atoms with van der Waals surface area (Å²) in [5.74, 6) is 0.666. The second kappa shape index (κ2) is 3.22. The quantitative estimate of drug-likeness (QED) is 0.677. The van der Waals surface area contributed by atoms with Gasteiger partial charge in [0.2, 0.25) is 0 Å². The van der Waals surface area contributed by atoms with Crippen LogP contribution in [0.1, 0.15) is 12.7 Å². The third-order valence-corrected chi connectivity index (χ3v) is 1.02. The molecule has 56 valence electrons. The first-order valence-electron chi connectivity index (χ1n) is 3.11. The van der Waals surface area contributed by atoms with E-state index in [0.717, 1.165) is 0 Å². The Hall–Kier alpha value is -1.03. The molecule has 4 heteroatoms. The monoisotopic (exact) mass is 142 g/mol. The van der Waals surface area contributed by atoms with Crippen LogP contribution in [0.3, 0.4) is 0 Å². The van der Waals surface area contributed by atoms with Crippen LogP contribution in [0.4, 0.5) is 6.01 Å². The predicted molar refractivity (Wildman–Crippen MR) is 36.2 cm³/mol. The molecular formula is C6H10N2O2. The van der Waals surface area contributed by atoms with Gasteiger partial charge in [0.25, 0.3) is 6.01 Å². The number of oxazole rings is 1. The molecule has 4 nitrogen and oxygen atoms in total. The molecule has 0 radical (unpaired) electrons. The molecule has 0 fully saturated rings. The van der Waals surface area contributed by atoms with Crippen LogP contribution < -0.4 is 5.73 Å². The molecule has 1 rings (SSSR count). The zero-order valence-corrected chi connectivity index (χ0v) is 5.83. The number of hydrogen-bond donors (Lipinski definition) is 1. The van der Waals surface area contributed by atoms with Crippen LogP contribution in [0.15, 0.2) is 10.6 Å². The third kappa shape index (κ3) is 1.73. The highest BCUT2D eigenvalue weighted by Crippen LogP contribution is 2.04. The van der Waals surface area contributed by atoms with Crippen molar-refractivity contribution in [3.05, 3.63) is 12.0 Å². The van der Waals surface area contributed by atoms with Crippen LogP contribution in [0, 0.1) is 0 Å². The van der Waals surface area contributed by atoms with E-state index in [-0.39, 0.29) is 6.01 Å². The number of aromatic nitrogens is 1. The highest BCUT2D eigenvalue weighted by Gasteiger charge is 1.97. The Morgan fingerprint density at radius 2 is 2.60 bits per heavy atom. The molecule has 1 aromatic heterocycles. The van der Waals surface area contributed by atoms with Gasteiger partial charge in [-0.25, -0.2) is 4.98 Å². The van der Waals surface area contributed by atoms with Crippen LogP contribution in [0.2, 0.25) is 0 Å². The number of nitrogens with zero attached hydrogens (tertiary/aromatic N) is 1. The van der Waals surface area contributed by atoms with Crippen molar-refractivity contribution in [1.29, 1.82) is 0 Å². The second-order valence-electron chi connectivity index (χ2n) is 1.80. The van der Waals surface area contributed by atoms with Gasteiger partial charge in [0.05, 0.1) is 6.20 Å². The van der Waals surface area contributed by atoms with Gasteiger partial charge in [0, 0.05) is 6.61 Å². The van der Waals surface area contributed by atoms with E-state index in [4.69, 9.17) is 14.9 Å². The highest BCUT2D eigenvalue weighted by atomic mass is 16.5. The molecule has 0 saturated heterocycles. The van der Waals surface area contributed by atoms with Crippen molar-refractivity contribution in [3.8, 4) is 0 Å². The molecule has 2 N–H and O–H groups in total. The molecule has 1 heterocycles. The first-order valence-corrected chi connectivity index (χ1v) is 3.11. The molecule has 10 heavy (non-hydrogen) atoms. The fourth-order valence-corrected chi connectivity index (χ4v) is 0.592. The summed E-state index contributed by atoms with van der Waals surface area (Å²) in [6.07, 6.45) is 1.56. The molecule has 0 spiro atoms. The maximum absolute atomic E-state index is 5.22. The smallest absolute Gasteiger partial charge is 0.292 e. The topological polar surface area (TPSA) is 61.3 Å². The summed E-state index contributed by atoms with van der Waals surface area (Å²) in [6.45, 7) is 3.03. The van der Waals surface area contributed by atoms with E-state index in [2.05, 4.69) is 4.98 Å². The molecule has 0 unspecified atom stereocenters. The van der Waals surface area contributed by atoms with E-state index in [1.807, 2.05) is 6.92 Å². The maximum atomic E-state index is 5.22. The van der Waals surface area contributed by atoms with Crippen LogP contribution >= 0.6 is 0 Å². The fourth-order valence-electron chi connectivity index (χ4n) is 0.592. The average molecular weight is 142 g/mol. The van der Waals surface area contributed by atoms with Crippen LogP contribution in [0.5, 0.6) is 0 Å². The molecule has 0 atom stereocenters. The van der Waals surface area contributed by atoms with Gasteiger partial charge in [-0.3, -0.25) is 0 Å². The standard InChI is InChI=1S/C6H10N2O2/c1-2-9-4-5-3-8-6(7)10-5/h3H,2,4H2,1H3,(H2,7,8). The predicted octanol–water partition coefficient (Wildman–Crippen LogP) is 0.793. The van der Waals surface area contributed by atoms with E-state index in [0.29, 0.717) is 19.0 Å². The van der Waals surface area contributed by atoms with Gasteiger partial charge in [0.15, 0.2) is 5.76 Å². The Morgan fingerprint density at radius 1 is 1.80 bits per heavy atom. The number of hydrogen-bond acceptors (Lipinski definition) is 4. The molecule has 1 aromatic rings. The second-order valence-corrected chi connectivity index (χ2v) is 1.80. The van der Waals surface area contributed by atoms with E-state index in [1.165, 1.54) is 0 Å². The zero-order chi connectivity index (χ0) is 7.40. The molecule has 0 saturated carbocycles. The normalized spacial score (nSPS) is 10.1. The molecular weight excluding hydrogens is 132 g/mol. The number of ether oxygens (including phenoxy) is 1. The molecule has 0 amide bonds. The minimum atomic E-state index is 0.190. The van der Waals surface area contributed by atoms with E-state index in [9.17, 15) is 0 Å². The van der Waals surface area contributed by atoms with Crippen molar-refractivity contribution in [2.45, 2.75) is 13.5 Å². The zero-order valence-electron chi connectivity index (χ0n) is 5.83. The van der Waals surface area contributed by atoms with E-state index < -0.39 is 0 Å². The lowest BCUT2D eigenvalue weighted by atomic mass is 10.5. The summed E-state index contributed by atoms with van der Waals surface area (Å²) >= 11 is 0. The van der Waals surface area contributed by atoms with Crippen LogP contribution in [0.25, 0.3) is 0 Å². The van der Waals surface area contributed by atoms with Crippen LogP contribution in [-0.4, -0.2) is 11.6 Å². The van der Waals surface area contributed by atoms with E-state index >= 15 is 0 Å². The molecule has 0 aliphatic heterocycles. The Balaban J connectivity index is 2.42. The Labute approximate surface area is 59.0 Å². The van der Waals surface area contributed by atoms with Gasteiger partial charge in [-0.2, -0.15) is 0 Å². The Kier molecular flexibility index (Phi) is 2.28. The van der Waals surface area contributed by atoms with Gasteiger partial charge in [-0.15, -0.1) is 0 Å². The van der Waals surface area contributed by atoms with Crippen molar-refractivity contribution < 1.29 is 9.15 Å². The van der Waals surface area contributed by atoms with Crippen molar-refractivity contribution in [1.82, 2.24) is 4.98 Å². The lowest BCUT2D eigenvalue weighted by Crippen LogP contribution is -1.88. The van der Waals surface area contributed by atoms with Crippen molar-refractivity contribution >= 4 is 6.01 Å². The van der Waals surface area contributed by atoms with Crippen molar-refractivity contribution in [3.63, 3.8) is 0 Å². The van der Waals surface area contributed by atoms with Gasteiger partial charge in [-0.05, 0) is 6.92 Å². The SMILES string of the molecule is CCOCc1cnc(N)o1. The fraction of sp³-hybridized carbons (Fsp3) is 0.500. The average Bonchev–Trinajstić information content (AvgIpc) is 2.31. The highest BCUT2D eigenvalue weighted by molar-refractivity contribution is 5.10. The summed E-state index contributed by atoms with van der Waals surface area (Å²) < 4.78 is 9.97. The number of nitrogen functional groups attached to an aromatic ring is 1. The molecule has 0 aliphatic rings. The summed E-state index contributed by atoms with van der Waals surface area (Å²) in [5, 5.41) is 0.